The van der Waals surface area contributed by atoms with E-state index in [2.05, 4.69) is 24.1 Å². The van der Waals surface area contributed by atoms with Crippen LogP contribution in [0.15, 0.2) is 18.5 Å². The van der Waals surface area contributed by atoms with Crippen LogP contribution < -0.4 is 11.1 Å². The number of pyridine rings is 1. The minimum atomic E-state index is -0.445. The highest BCUT2D eigenvalue weighted by Crippen LogP contribution is 2.30. The van der Waals surface area contributed by atoms with Crippen LogP contribution in [0.4, 0.5) is 5.69 Å². The van der Waals surface area contributed by atoms with Crippen LogP contribution in [-0.4, -0.2) is 17.4 Å². The van der Waals surface area contributed by atoms with E-state index in [1.165, 1.54) is 0 Å². The first-order valence-electron chi connectivity index (χ1n) is 7.01. The average Bonchev–Trinajstić information content (AvgIpc) is 2.41. The van der Waals surface area contributed by atoms with Crippen LogP contribution in [0.25, 0.3) is 0 Å². The second-order valence-electron chi connectivity index (χ2n) is 5.13. The van der Waals surface area contributed by atoms with E-state index in [1.807, 2.05) is 13.0 Å². The molecule has 0 unspecified atom stereocenters. The van der Waals surface area contributed by atoms with Gasteiger partial charge in [0.2, 0.25) is 5.91 Å². The molecule has 0 bridgehead atoms. The van der Waals surface area contributed by atoms with Crippen LogP contribution in [-0.2, 0) is 4.79 Å². The molecule has 106 valence electrons. The summed E-state index contributed by atoms with van der Waals surface area (Å²) in [5.74, 6) is 0.0352. The summed E-state index contributed by atoms with van der Waals surface area (Å²) in [5.41, 5.74) is 7.25. The Kier molecular flexibility index (Phi) is 5.96. The standard InChI is InChI=1S/C15H25N3O/c1-4-7-15(11-16,8-5-2)14(19)18-13-6-9-17-10-12(13)3/h6,9-10H,4-5,7-8,11,16H2,1-3H3,(H,17,18,19). The molecule has 0 spiro atoms. The summed E-state index contributed by atoms with van der Waals surface area (Å²) in [4.78, 5) is 16.6. The third-order valence-electron chi connectivity index (χ3n) is 3.60. The molecule has 0 aliphatic heterocycles. The molecule has 1 aromatic heterocycles. The molecule has 0 saturated carbocycles. The van der Waals surface area contributed by atoms with E-state index in [-0.39, 0.29) is 5.91 Å². The van der Waals surface area contributed by atoms with E-state index in [4.69, 9.17) is 5.73 Å². The molecule has 4 heteroatoms. The molecule has 0 radical (unpaired) electrons. The lowest BCUT2D eigenvalue weighted by Crippen LogP contribution is -2.42. The first-order valence-corrected chi connectivity index (χ1v) is 7.01. The predicted octanol–water partition coefficient (Wildman–Crippen LogP) is 2.87. The van der Waals surface area contributed by atoms with Gasteiger partial charge in [-0.2, -0.15) is 0 Å². The first kappa shape index (κ1) is 15.6. The second-order valence-corrected chi connectivity index (χ2v) is 5.13. The Bertz CT molecular complexity index is 412. The normalized spacial score (nSPS) is 11.4. The van der Waals surface area contributed by atoms with Crippen molar-refractivity contribution < 1.29 is 4.79 Å². The zero-order valence-corrected chi connectivity index (χ0v) is 12.2. The Morgan fingerprint density at radius 2 is 2.00 bits per heavy atom. The number of rotatable bonds is 7. The number of hydrogen-bond donors (Lipinski definition) is 2. The SMILES string of the molecule is CCCC(CN)(CCC)C(=O)Nc1ccncc1C. The number of nitrogens with two attached hydrogens (primary N) is 1. The number of carbonyl (C=O) groups excluding carboxylic acids is 1. The number of aromatic nitrogens is 1. The van der Waals surface area contributed by atoms with Gasteiger partial charge in [0.05, 0.1) is 5.41 Å². The van der Waals surface area contributed by atoms with Crippen molar-refractivity contribution in [3.8, 4) is 0 Å². The molecule has 0 saturated heterocycles. The number of carbonyl (C=O) groups is 1. The highest BCUT2D eigenvalue weighted by molar-refractivity contribution is 5.96. The van der Waals surface area contributed by atoms with Gasteiger partial charge in [-0.3, -0.25) is 9.78 Å². The van der Waals surface area contributed by atoms with E-state index >= 15 is 0 Å². The van der Waals surface area contributed by atoms with Crippen LogP contribution in [0, 0.1) is 12.3 Å². The maximum Gasteiger partial charge on any atom is 0.231 e. The van der Waals surface area contributed by atoms with Crippen molar-refractivity contribution in [3.63, 3.8) is 0 Å². The van der Waals surface area contributed by atoms with Crippen LogP contribution >= 0.6 is 0 Å². The lowest BCUT2D eigenvalue weighted by molar-refractivity contribution is -0.126. The van der Waals surface area contributed by atoms with Gasteiger partial charge in [0.25, 0.3) is 0 Å². The van der Waals surface area contributed by atoms with Gasteiger partial charge in [-0.1, -0.05) is 26.7 Å². The maximum atomic E-state index is 12.6. The molecule has 0 aromatic carbocycles. The van der Waals surface area contributed by atoms with E-state index in [0.29, 0.717) is 6.54 Å². The van der Waals surface area contributed by atoms with Crippen molar-refractivity contribution in [3.05, 3.63) is 24.0 Å². The highest BCUT2D eigenvalue weighted by atomic mass is 16.2. The minimum absolute atomic E-state index is 0.0352. The summed E-state index contributed by atoms with van der Waals surface area (Å²) in [5, 5.41) is 3.01. The molecule has 0 aliphatic carbocycles. The Hall–Kier alpha value is -1.42. The van der Waals surface area contributed by atoms with E-state index < -0.39 is 5.41 Å². The quantitative estimate of drug-likeness (QED) is 0.794. The van der Waals surface area contributed by atoms with Crippen LogP contribution in [0.2, 0.25) is 0 Å². The van der Waals surface area contributed by atoms with Crippen molar-refractivity contribution >= 4 is 11.6 Å². The zero-order valence-electron chi connectivity index (χ0n) is 12.2. The number of nitrogens with zero attached hydrogens (tertiary/aromatic N) is 1. The van der Waals surface area contributed by atoms with Crippen molar-refractivity contribution in [2.75, 3.05) is 11.9 Å². The van der Waals surface area contributed by atoms with Gasteiger partial charge in [-0.15, -0.1) is 0 Å². The predicted molar refractivity (Wildman–Crippen MR) is 78.9 cm³/mol. The summed E-state index contributed by atoms with van der Waals surface area (Å²) in [6, 6.07) is 1.83. The number of anilines is 1. The van der Waals surface area contributed by atoms with Crippen molar-refractivity contribution in [2.45, 2.75) is 46.5 Å². The van der Waals surface area contributed by atoms with E-state index in [9.17, 15) is 4.79 Å². The summed E-state index contributed by atoms with van der Waals surface area (Å²) < 4.78 is 0. The highest BCUT2D eigenvalue weighted by Gasteiger charge is 2.35. The van der Waals surface area contributed by atoms with Gasteiger partial charge in [0.1, 0.15) is 0 Å². The van der Waals surface area contributed by atoms with Crippen LogP contribution in [0.5, 0.6) is 0 Å². The van der Waals surface area contributed by atoms with Crippen molar-refractivity contribution in [2.24, 2.45) is 11.1 Å². The molecule has 0 aliphatic rings. The number of hydrogen-bond acceptors (Lipinski definition) is 3. The average molecular weight is 263 g/mol. The Morgan fingerprint density at radius 1 is 1.37 bits per heavy atom. The van der Waals surface area contributed by atoms with Gasteiger partial charge in [0.15, 0.2) is 0 Å². The van der Waals surface area contributed by atoms with Gasteiger partial charge in [0, 0.05) is 24.6 Å². The monoisotopic (exact) mass is 263 g/mol. The molecular weight excluding hydrogens is 238 g/mol. The number of nitrogens with one attached hydrogen (secondary N) is 1. The minimum Gasteiger partial charge on any atom is -0.329 e. The molecular formula is C15H25N3O. The van der Waals surface area contributed by atoms with E-state index in [0.717, 1.165) is 36.9 Å². The van der Waals surface area contributed by atoms with Gasteiger partial charge < -0.3 is 11.1 Å². The third-order valence-corrected chi connectivity index (χ3v) is 3.60. The van der Waals surface area contributed by atoms with E-state index in [1.54, 1.807) is 12.4 Å². The van der Waals surface area contributed by atoms with Gasteiger partial charge in [-0.25, -0.2) is 0 Å². The molecule has 1 heterocycles. The van der Waals surface area contributed by atoms with Crippen LogP contribution in [0.3, 0.4) is 0 Å². The molecule has 4 nitrogen and oxygen atoms in total. The Labute approximate surface area is 115 Å². The topological polar surface area (TPSA) is 68.0 Å². The molecule has 1 rings (SSSR count). The molecule has 19 heavy (non-hydrogen) atoms. The molecule has 0 fully saturated rings. The molecule has 0 atom stereocenters. The summed E-state index contributed by atoms with van der Waals surface area (Å²) in [6.45, 7) is 6.51. The third kappa shape index (κ3) is 3.77. The van der Waals surface area contributed by atoms with Gasteiger partial charge in [-0.05, 0) is 31.4 Å². The zero-order chi connectivity index (χ0) is 14.3. The largest absolute Gasteiger partial charge is 0.329 e. The number of aryl methyl sites for hydroxylation is 1. The Balaban J connectivity index is 2.91. The van der Waals surface area contributed by atoms with Gasteiger partial charge >= 0.3 is 0 Å². The fraction of sp³-hybridized carbons (Fsp3) is 0.600. The smallest absolute Gasteiger partial charge is 0.231 e. The molecule has 1 aromatic rings. The Morgan fingerprint density at radius 3 is 2.47 bits per heavy atom. The number of amides is 1. The van der Waals surface area contributed by atoms with Crippen molar-refractivity contribution in [1.29, 1.82) is 0 Å². The summed E-state index contributed by atoms with van der Waals surface area (Å²) in [6.07, 6.45) is 7.01. The molecule has 3 N–H and O–H groups in total. The van der Waals surface area contributed by atoms with Crippen LogP contribution in [0.1, 0.15) is 45.1 Å². The fourth-order valence-corrected chi connectivity index (χ4v) is 2.47. The molecule has 1 amide bonds. The lowest BCUT2D eigenvalue weighted by atomic mass is 9.78. The van der Waals surface area contributed by atoms with Crippen molar-refractivity contribution in [1.82, 2.24) is 4.98 Å². The fourth-order valence-electron chi connectivity index (χ4n) is 2.47. The lowest BCUT2D eigenvalue weighted by Gasteiger charge is -2.31. The summed E-state index contributed by atoms with van der Waals surface area (Å²) in [7, 11) is 0. The summed E-state index contributed by atoms with van der Waals surface area (Å²) >= 11 is 0. The maximum absolute atomic E-state index is 12.6. The second kappa shape index (κ2) is 7.24. The first-order chi connectivity index (χ1) is 9.09.